The first-order valence-electron chi connectivity index (χ1n) is 11.3. The molecular weight excluding hydrogens is 435 g/mol. The molecule has 0 spiro atoms. The largest absolute Gasteiger partial charge is 0.487 e. The number of aryl methyl sites for hydroxylation is 1. The highest BCUT2D eigenvalue weighted by molar-refractivity contribution is 6.02. The minimum Gasteiger partial charge on any atom is -0.487 e. The molecule has 2 amide bonds. The fourth-order valence-electron chi connectivity index (χ4n) is 4.08. The van der Waals surface area contributed by atoms with E-state index in [2.05, 4.69) is 15.3 Å². The summed E-state index contributed by atoms with van der Waals surface area (Å²) in [5.41, 5.74) is 3.79. The molecule has 8 heteroatoms. The molecule has 0 saturated heterocycles. The van der Waals surface area contributed by atoms with Crippen LogP contribution in [0, 0.1) is 18.7 Å². The van der Waals surface area contributed by atoms with E-state index in [-0.39, 0.29) is 29.6 Å². The SMILES string of the molecule is Cc1cc(C(C)N2Cc3c(ccnc3NC(=O)C3CC3)C2=O)ncc1OCc1ccc(F)cc1. The monoisotopic (exact) mass is 460 g/mol. The van der Waals surface area contributed by atoms with Gasteiger partial charge in [-0.15, -0.1) is 0 Å². The van der Waals surface area contributed by atoms with E-state index in [0.717, 1.165) is 35.2 Å². The number of ether oxygens (including phenoxy) is 1. The van der Waals surface area contributed by atoms with Gasteiger partial charge in [0.25, 0.3) is 5.91 Å². The van der Waals surface area contributed by atoms with Crippen LogP contribution >= 0.6 is 0 Å². The van der Waals surface area contributed by atoms with Crippen LogP contribution in [-0.4, -0.2) is 26.7 Å². The molecule has 1 aromatic carbocycles. The number of fused-ring (bicyclic) bond motifs is 1. The molecule has 2 aliphatic rings. The summed E-state index contributed by atoms with van der Waals surface area (Å²) in [5.74, 6) is 0.723. The van der Waals surface area contributed by atoms with Crippen molar-refractivity contribution in [3.8, 4) is 5.75 Å². The number of hydrogen-bond acceptors (Lipinski definition) is 5. The van der Waals surface area contributed by atoms with Crippen LogP contribution in [0.15, 0.2) is 48.8 Å². The first kappa shape index (κ1) is 22.0. The van der Waals surface area contributed by atoms with Crippen molar-refractivity contribution >= 4 is 17.6 Å². The zero-order chi connectivity index (χ0) is 23.8. The summed E-state index contributed by atoms with van der Waals surface area (Å²) >= 11 is 0. The van der Waals surface area contributed by atoms with Gasteiger partial charge in [-0.3, -0.25) is 14.6 Å². The van der Waals surface area contributed by atoms with E-state index in [9.17, 15) is 14.0 Å². The van der Waals surface area contributed by atoms with Crippen LogP contribution in [0.1, 0.15) is 58.5 Å². The van der Waals surface area contributed by atoms with Crippen LogP contribution in [0.5, 0.6) is 5.75 Å². The Hall–Kier alpha value is -3.81. The number of amides is 2. The maximum absolute atomic E-state index is 13.1. The zero-order valence-electron chi connectivity index (χ0n) is 19.0. The molecule has 5 rings (SSSR count). The number of nitrogens with one attached hydrogen (secondary N) is 1. The molecular formula is C26H25FN4O3. The highest BCUT2D eigenvalue weighted by Gasteiger charge is 2.36. The topological polar surface area (TPSA) is 84.4 Å². The first-order valence-corrected chi connectivity index (χ1v) is 11.3. The lowest BCUT2D eigenvalue weighted by Crippen LogP contribution is -2.28. The van der Waals surface area contributed by atoms with E-state index in [1.54, 1.807) is 35.5 Å². The predicted octanol–water partition coefficient (Wildman–Crippen LogP) is 4.57. The van der Waals surface area contributed by atoms with Crippen molar-refractivity contribution in [1.82, 2.24) is 14.9 Å². The minimum absolute atomic E-state index is 0.0339. The van der Waals surface area contributed by atoms with Gasteiger partial charge in [-0.2, -0.15) is 0 Å². The molecule has 1 fully saturated rings. The molecule has 7 nitrogen and oxygen atoms in total. The molecule has 1 unspecified atom stereocenters. The molecule has 1 atom stereocenters. The van der Waals surface area contributed by atoms with Gasteiger partial charge in [0, 0.05) is 23.2 Å². The van der Waals surface area contributed by atoms with Gasteiger partial charge >= 0.3 is 0 Å². The van der Waals surface area contributed by atoms with Crippen molar-refractivity contribution < 1.29 is 18.7 Å². The molecule has 2 aromatic heterocycles. The van der Waals surface area contributed by atoms with Crippen molar-refractivity contribution in [2.24, 2.45) is 5.92 Å². The summed E-state index contributed by atoms with van der Waals surface area (Å²) in [7, 11) is 0. The Bertz CT molecular complexity index is 1260. The van der Waals surface area contributed by atoms with Crippen LogP contribution in [0.3, 0.4) is 0 Å². The predicted molar refractivity (Wildman–Crippen MR) is 124 cm³/mol. The maximum Gasteiger partial charge on any atom is 0.255 e. The van der Waals surface area contributed by atoms with E-state index < -0.39 is 0 Å². The Balaban J connectivity index is 1.29. The van der Waals surface area contributed by atoms with Crippen molar-refractivity contribution in [2.45, 2.75) is 45.9 Å². The number of hydrogen-bond donors (Lipinski definition) is 1. The number of nitrogens with zero attached hydrogens (tertiary/aromatic N) is 3. The van der Waals surface area contributed by atoms with Crippen molar-refractivity contribution in [3.63, 3.8) is 0 Å². The fraction of sp³-hybridized carbons (Fsp3) is 0.308. The standard InChI is InChI=1S/C26H25FN4O3/c1-15-11-22(29-12-23(15)34-14-17-3-7-19(27)8-4-17)16(2)31-13-21-20(26(31)33)9-10-28-24(21)30-25(32)18-5-6-18/h3-4,7-12,16,18H,5-6,13-14H2,1-2H3,(H,28,30,32). The van der Waals surface area contributed by atoms with Gasteiger partial charge in [-0.25, -0.2) is 9.37 Å². The molecule has 34 heavy (non-hydrogen) atoms. The van der Waals surface area contributed by atoms with Crippen LogP contribution in [-0.2, 0) is 17.9 Å². The lowest BCUT2D eigenvalue weighted by Gasteiger charge is -2.24. The van der Waals surface area contributed by atoms with Crippen molar-refractivity contribution in [1.29, 1.82) is 0 Å². The zero-order valence-corrected chi connectivity index (χ0v) is 19.0. The number of pyridine rings is 2. The molecule has 1 aliphatic carbocycles. The summed E-state index contributed by atoms with van der Waals surface area (Å²) in [4.78, 5) is 36.0. The quantitative estimate of drug-likeness (QED) is 0.558. The van der Waals surface area contributed by atoms with E-state index in [0.29, 0.717) is 30.3 Å². The Morgan fingerprint density at radius 3 is 2.71 bits per heavy atom. The van der Waals surface area contributed by atoms with E-state index in [1.165, 1.54) is 12.1 Å². The summed E-state index contributed by atoms with van der Waals surface area (Å²) in [6, 6.07) is 9.49. The molecule has 0 radical (unpaired) electrons. The number of halogens is 1. The maximum atomic E-state index is 13.1. The second-order valence-electron chi connectivity index (χ2n) is 8.85. The normalized spacial score (nSPS) is 15.7. The number of anilines is 1. The van der Waals surface area contributed by atoms with Gasteiger partial charge < -0.3 is 15.0 Å². The molecule has 1 aliphatic heterocycles. The summed E-state index contributed by atoms with van der Waals surface area (Å²) in [5, 5.41) is 2.89. The van der Waals surface area contributed by atoms with Gasteiger partial charge in [0.15, 0.2) is 0 Å². The summed E-state index contributed by atoms with van der Waals surface area (Å²) in [6.45, 7) is 4.52. The van der Waals surface area contributed by atoms with E-state index in [4.69, 9.17) is 4.74 Å². The van der Waals surface area contributed by atoms with Gasteiger partial charge in [0.1, 0.15) is 24.0 Å². The average Bonchev–Trinajstić information content (AvgIpc) is 3.63. The first-order chi connectivity index (χ1) is 16.4. The second kappa shape index (κ2) is 8.85. The van der Waals surface area contributed by atoms with Crippen molar-refractivity contribution in [3.05, 3.63) is 82.6 Å². The molecule has 1 saturated carbocycles. The third kappa shape index (κ3) is 4.35. The number of benzene rings is 1. The Morgan fingerprint density at radius 2 is 2.00 bits per heavy atom. The second-order valence-corrected chi connectivity index (χ2v) is 8.85. The molecule has 1 N–H and O–H groups in total. The van der Waals surface area contributed by atoms with Crippen LogP contribution in [0.4, 0.5) is 10.2 Å². The van der Waals surface area contributed by atoms with Crippen LogP contribution in [0.2, 0.25) is 0 Å². The van der Waals surface area contributed by atoms with Gasteiger partial charge in [0.05, 0.1) is 24.5 Å². The molecule has 174 valence electrons. The Labute approximate surface area is 197 Å². The van der Waals surface area contributed by atoms with Gasteiger partial charge in [0.2, 0.25) is 5.91 Å². The minimum atomic E-state index is -0.285. The number of rotatable bonds is 7. The van der Waals surface area contributed by atoms with Crippen molar-refractivity contribution in [2.75, 3.05) is 5.32 Å². The lowest BCUT2D eigenvalue weighted by atomic mass is 10.1. The van der Waals surface area contributed by atoms with Gasteiger partial charge in [-0.05, 0) is 62.1 Å². The average molecular weight is 461 g/mol. The van der Waals surface area contributed by atoms with E-state index in [1.807, 2.05) is 19.9 Å². The summed E-state index contributed by atoms with van der Waals surface area (Å²) < 4.78 is 18.9. The highest BCUT2D eigenvalue weighted by Crippen LogP contribution is 2.36. The van der Waals surface area contributed by atoms with Gasteiger partial charge in [-0.1, -0.05) is 12.1 Å². The molecule has 0 bridgehead atoms. The number of aromatic nitrogens is 2. The Morgan fingerprint density at radius 1 is 1.24 bits per heavy atom. The van der Waals surface area contributed by atoms with Crippen LogP contribution < -0.4 is 10.1 Å². The number of carbonyl (C=O) groups is 2. The smallest absolute Gasteiger partial charge is 0.255 e. The lowest BCUT2D eigenvalue weighted by molar-refractivity contribution is -0.117. The molecule has 3 aromatic rings. The third-order valence-electron chi connectivity index (χ3n) is 6.35. The van der Waals surface area contributed by atoms with Crippen LogP contribution in [0.25, 0.3) is 0 Å². The fourth-order valence-corrected chi connectivity index (χ4v) is 4.08. The molecule has 3 heterocycles. The third-order valence-corrected chi connectivity index (χ3v) is 6.35. The number of carbonyl (C=O) groups excluding carboxylic acids is 2. The highest BCUT2D eigenvalue weighted by atomic mass is 19.1. The Kier molecular flexibility index (Phi) is 5.73. The summed E-state index contributed by atoms with van der Waals surface area (Å²) in [6.07, 6.45) is 5.01. The van der Waals surface area contributed by atoms with E-state index >= 15 is 0 Å².